The van der Waals surface area contributed by atoms with E-state index in [2.05, 4.69) is 208 Å². The number of rotatable bonds is 4. The molecular weight excluding hydrogens is 683 g/mol. The Kier molecular flexibility index (Phi) is 7.47. The lowest BCUT2D eigenvalue weighted by Gasteiger charge is -2.32. The number of amidine groups is 1. The van der Waals surface area contributed by atoms with Crippen molar-refractivity contribution >= 4 is 77.1 Å². The van der Waals surface area contributed by atoms with Gasteiger partial charge in [0.1, 0.15) is 18.2 Å². The predicted molar refractivity (Wildman–Crippen MR) is 235 cm³/mol. The number of benzene rings is 7. The Bertz CT molecular complexity index is 3280. The summed E-state index contributed by atoms with van der Waals surface area (Å²) in [6.45, 7) is 4.44. The van der Waals surface area contributed by atoms with Gasteiger partial charge < -0.3 is 14.1 Å². The van der Waals surface area contributed by atoms with E-state index in [1.165, 1.54) is 32.3 Å². The third-order valence-electron chi connectivity index (χ3n) is 11.4. The monoisotopic (exact) mass is 719 g/mol. The van der Waals surface area contributed by atoms with Gasteiger partial charge in [-0.2, -0.15) is 0 Å². The van der Waals surface area contributed by atoms with Crippen LogP contribution in [-0.2, 0) is 0 Å². The summed E-state index contributed by atoms with van der Waals surface area (Å²) in [7, 11) is 0. The lowest BCUT2D eigenvalue weighted by molar-refractivity contribution is 0.409. The highest BCUT2D eigenvalue weighted by atomic mass is 15.3. The minimum Gasteiger partial charge on any atom is -0.350 e. The predicted octanol–water partition coefficient (Wildman–Crippen LogP) is 12.1. The van der Waals surface area contributed by atoms with Crippen LogP contribution in [0.4, 0.5) is 0 Å². The lowest BCUT2D eigenvalue weighted by Crippen LogP contribution is -2.45. The molecule has 0 fully saturated rings. The van der Waals surface area contributed by atoms with Crippen molar-refractivity contribution in [1.82, 2.24) is 19.4 Å². The van der Waals surface area contributed by atoms with E-state index in [0.717, 1.165) is 61.1 Å². The smallest absolute Gasteiger partial charge is 0.133 e. The van der Waals surface area contributed by atoms with Gasteiger partial charge in [0.15, 0.2) is 0 Å². The van der Waals surface area contributed by atoms with Crippen LogP contribution in [0, 0.1) is 0 Å². The number of hydrogen-bond acceptors (Lipinski definition) is 3. The Morgan fingerprint density at radius 2 is 1.04 bits per heavy atom. The summed E-state index contributed by atoms with van der Waals surface area (Å²) in [6, 6.07) is 63.2. The molecule has 0 saturated carbocycles. The normalized spacial score (nSPS) is 15.8. The summed E-state index contributed by atoms with van der Waals surface area (Å²) < 4.78 is 4.70. The van der Waals surface area contributed by atoms with E-state index >= 15 is 0 Å². The number of para-hydroxylation sites is 2. The second kappa shape index (κ2) is 13.0. The molecule has 0 radical (unpaired) electrons. The molecule has 4 bridgehead atoms. The lowest BCUT2D eigenvalue weighted by atomic mass is 10.0. The van der Waals surface area contributed by atoms with Crippen molar-refractivity contribution in [3.05, 3.63) is 211 Å². The summed E-state index contributed by atoms with van der Waals surface area (Å²) in [4.78, 5) is 5.46. The number of nitrogens with one attached hydrogen (secondary N) is 2. The number of fused-ring (bicyclic) bond motifs is 11. The van der Waals surface area contributed by atoms with Crippen molar-refractivity contribution in [3.8, 4) is 0 Å². The van der Waals surface area contributed by atoms with Crippen LogP contribution in [0.25, 0.3) is 71.2 Å². The molecule has 10 aromatic rings. The summed E-state index contributed by atoms with van der Waals surface area (Å²) in [5.74, 6) is 0.784. The molecule has 5 heteroatoms. The number of aliphatic imine (C=N–C) groups is 1. The average Bonchev–Trinajstić information content (AvgIpc) is 3.76. The van der Waals surface area contributed by atoms with E-state index in [1.54, 1.807) is 0 Å². The highest BCUT2D eigenvalue weighted by molar-refractivity contribution is 6.15. The first kappa shape index (κ1) is 32.2. The van der Waals surface area contributed by atoms with E-state index < -0.39 is 0 Å². The maximum atomic E-state index is 5.46. The molecular formula is C51H37N5. The molecule has 2 unspecified atom stereocenters. The zero-order valence-electron chi connectivity index (χ0n) is 30.6. The van der Waals surface area contributed by atoms with Crippen molar-refractivity contribution in [2.24, 2.45) is 4.99 Å². The van der Waals surface area contributed by atoms with Gasteiger partial charge in [0.25, 0.3) is 0 Å². The molecule has 2 atom stereocenters. The van der Waals surface area contributed by atoms with E-state index in [1.807, 2.05) is 6.08 Å². The maximum Gasteiger partial charge on any atom is 0.133 e. The van der Waals surface area contributed by atoms with Crippen LogP contribution in [-0.4, -0.2) is 14.6 Å². The van der Waals surface area contributed by atoms with Crippen LogP contribution in [0.5, 0.6) is 0 Å². The van der Waals surface area contributed by atoms with Gasteiger partial charge in [0, 0.05) is 39.0 Å². The first-order valence-corrected chi connectivity index (χ1v) is 19.1. The minimum atomic E-state index is -0.288. The summed E-state index contributed by atoms with van der Waals surface area (Å²) in [5.41, 5.74) is 8.58. The molecule has 3 aromatic heterocycles. The fraction of sp³-hybridized carbons (Fsp3) is 0.0392. The van der Waals surface area contributed by atoms with E-state index in [9.17, 15) is 0 Å². The fourth-order valence-electron chi connectivity index (χ4n) is 8.72. The van der Waals surface area contributed by atoms with E-state index in [0.29, 0.717) is 0 Å². The van der Waals surface area contributed by atoms with Gasteiger partial charge in [0.05, 0.1) is 22.1 Å². The van der Waals surface area contributed by atoms with Gasteiger partial charge >= 0.3 is 0 Å². The highest BCUT2D eigenvalue weighted by Gasteiger charge is 2.26. The highest BCUT2D eigenvalue weighted by Crippen LogP contribution is 2.35. The second-order valence-electron chi connectivity index (χ2n) is 14.6. The molecule has 266 valence electrons. The zero-order valence-corrected chi connectivity index (χ0v) is 30.6. The quantitative estimate of drug-likeness (QED) is 0.190. The van der Waals surface area contributed by atoms with Gasteiger partial charge in [0.2, 0.25) is 0 Å². The van der Waals surface area contributed by atoms with Crippen LogP contribution < -0.4 is 10.6 Å². The Labute approximate surface area is 323 Å². The summed E-state index contributed by atoms with van der Waals surface area (Å²) >= 11 is 0. The fourth-order valence-corrected chi connectivity index (χ4v) is 8.72. The number of nitrogens with zero attached hydrogens (tertiary/aromatic N) is 3. The molecule has 0 saturated heterocycles. The van der Waals surface area contributed by atoms with Gasteiger partial charge in [-0.25, -0.2) is 4.99 Å². The molecule has 0 aliphatic carbocycles. The Morgan fingerprint density at radius 3 is 1.71 bits per heavy atom. The molecule has 11 rings (SSSR count). The van der Waals surface area contributed by atoms with Crippen LogP contribution in [0.1, 0.15) is 34.7 Å². The Hall–Kier alpha value is -7.21. The average molecular weight is 720 g/mol. The van der Waals surface area contributed by atoms with Crippen molar-refractivity contribution in [3.63, 3.8) is 0 Å². The van der Waals surface area contributed by atoms with Crippen LogP contribution in [0.15, 0.2) is 194 Å². The molecule has 0 spiro atoms. The van der Waals surface area contributed by atoms with Gasteiger partial charge in [-0.3, -0.25) is 5.32 Å². The molecule has 1 aliphatic rings. The molecule has 7 aromatic carbocycles. The van der Waals surface area contributed by atoms with E-state index in [-0.39, 0.29) is 12.3 Å². The van der Waals surface area contributed by atoms with Crippen LogP contribution >= 0.6 is 0 Å². The zero-order chi connectivity index (χ0) is 37.2. The van der Waals surface area contributed by atoms with Gasteiger partial charge in [-0.05, 0) is 69.1 Å². The summed E-state index contributed by atoms with van der Waals surface area (Å²) in [5, 5.41) is 17.1. The van der Waals surface area contributed by atoms with Gasteiger partial charge in [-0.15, -0.1) is 0 Å². The first-order valence-electron chi connectivity index (χ1n) is 19.1. The molecule has 56 heavy (non-hydrogen) atoms. The topological polar surface area (TPSA) is 45.2 Å². The third-order valence-corrected chi connectivity index (χ3v) is 11.4. The minimum absolute atomic E-state index is 0.194. The molecule has 5 nitrogen and oxygen atoms in total. The summed E-state index contributed by atoms with van der Waals surface area (Å²) in [6.07, 6.45) is 3.75. The SMILES string of the molecule is C=Cc1cc(C2=NC(c3ccccc3)NC(c3ccccc3)N2)cn2c3ccccc3c3ccc(cc32)c2ccccc2c2ccc3c4ccccc4n1c3c2. The number of aromatic nitrogens is 2. The molecule has 0 amide bonds. The standard InChI is InChI=1S/C51H37N5/c1-2-38-29-37(51-53-49(33-15-5-3-6-16-33)52-50(54-51)34-17-7-4-8-18-34)32-55-45-23-13-11-21-41(45)43-27-25-35(30-47(43)55)39-19-9-10-20-40(39)36-26-28-44-42-22-12-14-24-46(42)56(38)48(44)31-36/h2-32,49-50,52H,1H2,(H,53,54). The van der Waals surface area contributed by atoms with E-state index in [4.69, 9.17) is 4.99 Å². The maximum absolute atomic E-state index is 5.46. The second-order valence-corrected chi connectivity index (χ2v) is 14.6. The van der Waals surface area contributed by atoms with Crippen molar-refractivity contribution in [1.29, 1.82) is 0 Å². The Balaban J connectivity index is 1.34. The third kappa shape index (κ3) is 5.17. The van der Waals surface area contributed by atoms with Crippen molar-refractivity contribution in [2.75, 3.05) is 0 Å². The molecule has 2 N–H and O–H groups in total. The van der Waals surface area contributed by atoms with Crippen molar-refractivity contribution < 1.29 is 0 Å². The van der Waals surface area contributed by atoms with Crippen LogP contribution in [0.2, 0.25) is 0 Å². The van der Waals surface area contributed by atoms with Gasteiger partial charge in [-0.1, -0.05) is 152 Å². The largest absolute Gasteiger partial charge is 0.350 e. The first-order chi connectivity index (χ1) is 27.7. The molecule has 4 heterocycles. The van der Waals surface area contributed by atoms with Crippen molar-refractivity contribution in [2.45, 2.75) is 12.3 Å². The molecule has 1 aliphatic heterocycles. The Morgan fingerprint density at radius 1 is 0.500 bits per heavy atom. The van der Waals surface area contributed by atoms with Crippen LogP contribution in [0.3, 0.4) is 0 Å². The number of hydrogen-bond donors (Lipinski definition) is 2.